The van der Waals surface area contributed by atoms with E-state index in [9.17, 15) is 5.26 Å². The van der Waals surface area contributed by atoms with Gasteiger partial charge in [-0.3, -0.25) is 5.32 Å². The Balaban J connectivity index is 1.80. The van der Waals surface area contributed by atoms with Crippen LogP contribution < -0.4 is 5.32 Å². The fourth-order valence-corrected chi connectivity index (χ4v) is 2.53. The zero-order chi connectivity index (χ0) is 13.5. The van der Waals surface area contributed by atoms with Crippen molar-refractivity contribution in [3.8, 4) is 6.07 Å². The monoisotopic (exact) mass is 258 g/mol. The lowest BCUT2D eigenvalue weighted by Crippen LogP contribution is -2.35. The molecule has 0 bridgehead atoms. The van der Waals surface area contributed by atoms with E-state index < -0.39 is 0 Å². The highest BCUT2D eigenvalue weighted by atomic mass is 16.5. The maximum absolute atomic E-state index is 9.24. The molecule has 1 heterocycles. The Bertz CT molecular complexity index is 407. The summed E-state index contributed by atoms with van der Waals surface area (Å²) < 4.78 is 5.57. The number of rotatable bonds is 6. The molecule has 19 heavy (non-hydrogen) atoms. The van der Waals surface area contributed by atoms with Crippen LogP contribution in [0.15, 0.2) is 30.3 Å². The highest BCUT2D eigenvalue weighted by Gasteiger charge is 2.18. The number of ether oxygens (including phenoxy) is 1. The number of hydrogen-bond acceptors (Lipinski definition) is 3. The number of benzene rings is 1. The van der Waals surface area contributed by atoms with Crippen molar-refractivity contribution in [2.75, 3.05) is 13.2 Å². The number of nitrogens with one attached hydrogen (secondary N) is 1. The zero-order valence-corrected chi connectivity index (χ0v) is 11.5. The smallest absolute Gasteiger partial charge is 0.0959 e. The van der Waals surface area contributed by atoms with Gasteiger partial charge < -0.3 is 4.74 Å². The molecule has 1 fully saturated rings. The maximum Gasteiger partial charge on any atom is 0.0959 e. The van der Waals surface area contributed by atoms with Crippen LogP contribution in [-0.2, 0) is 4.74 Å². The Morgan fingerprint density at radius 1 is 1.42 bits per heavy atom. The maximum atomic E-state index is 9.24. The van der Waals surface area contributed by atoms with Crippen LogP contribution >= 0.6 is 0 Å². The van der Waals surface area contributed by atoms with Crippen molar-refractivity contribution >= 4 is 0 Å². The van der Waals surface area contributed by atoms with Crippen molar-refractivity contribution in [2.45, 2.75) is 44.2 Å². The first-order valence-corrected chi connectivity index (χ1v) is 7.09. The molecule has 1 N–H and O–H groups in total. The third kappa shape index (κ3) is 4.34. The molecule has 0 radical (unpaired) electrons. The molecule has 0 aromatic heterocycles. The van der Waals surface area contributed by atoms with Gasteiger partial charge in [-0.05, 0) is 30.7 Å². The summed E-state index contributed by atoms with van der Waals surface area (Å²) >= 11 is 0. The average molecular weight is 258 g/mol. The number of hydrogen-bond donors (Lipinski definition) is 1. The van der Waals surface area contributed by atoms with E-state index in [2.05, 4.69) is 30.4 Å². The quantitative estimate of drug-likeness (QED) is 0.853. The Morgan fingerprint density at radius 3 is 2.84 bits per heavy atom. The van der Waals surface area contributed by atoms with Gasteiger partial charge in [-0.25, -0.2) is 0 Å². The molecule has 3 heteroatoms. The first-order chi connectivity index (χ1) is 9.29. The predicted molar refractivity (Wildman–Crippen MR) is 75.9 cm³/mol. The molecule has 0 saturated carbocycles. The molecule has 3 unspecified atom stereocenters. The molecular weight excluding hydrogens is 236 g/mol. The van der Waals surface area contributed by atoms with Crippen molar-refractivity contribution in [3.63, 3.8) is 0 Å². The van der Waals surface area contributed by atoms with Crippen molar-refractivity contribution < 1.29 is 4.74 Å². The van der Waals surface area contributed by atoms with Crippen molar-refractivity contribution in [2.24, 2.45) is 0 Å². The lowest BCUT2D eigenvalue weighted by molar-refractivity contribution is 0.108. The molecule has 0 spiro atoms. The minimum atomic E-state index is -0.0978. The van der Waals surface area contributed by atoms with E-state index in [-0.39, 0.29) is 6.04 Å². The van der Waals surface area contributed by atoms with Crippen molar-refractivity contribution in [3.05, 3.63) is 35.9 Å². The van der Waals surface area contributed by atoms with Crippen LogP contribution in [-0.4, -0.2) is 25.3 Å². The van der Waals surface area contributed by atoms with Crippen LogP contribution in [0.25, 0.3) is 0 Å². The first-order valence-electron chi connectivity index (χ1n) is 7.09. The lowest BCUT2D eigenvalue weighted by atomic mass is 9.94. The number of nitrogens with zero attached hydrogens (tertiary/aromatic N) is 1. The Kier molecular flexibility index (Phi) is 5.38. The van der Waals surface area contributed by atoms with E-state index in [4.69, 9.17) is 4.74 Å². The Labute approximate surface area is 115 Å². The van der Waals surface area contributed by atoms with Crippen LogP contribution in [0.3, 0.4) is 0 Å². The summed E-state index contributed by atoms with van der Waals surface area (Å²) in [7, 11) is 0. The van der Waals surface area contributed by atoms with Crippen molar-refractivity contribution in [1.82, 2.24) is 5.32 Å². The second-order valence-corrected chi connectivity index (χ2v) is 5.27. The Morgan fingerprint density at radius 2 is 2.21 bits per heavy atom. The van der Waals surface area contributed by atoms with Crippen LogP contribution in [0.4, 0.5) is 0 Å². The molecule has 1 aromatic rings. The summed E-state index contributed by atoms with van der Waals surface area (Å²) in [5.41, 5.74) is 1.29. The van der Waals surface area contributed by atoms with Gasteiger partial charge >= 0.3 is 0 Å². The summed E-state index contributed by atoms with van der Waals surface area (Å²) in [6.07, 6.45) is 3.39. The SMILES string of the molecule is CC(CC(C#N)NCC1CCCO1)c1ccccc1. The van der Waals surface area contributed by atoms with Gasteiger partial charge in [0.15, 0.2) is 0 Å². The highest BCUT2D eigenvalue weighted by molar-refractivity contribution is 5.19. The number of nitriles is 1. The van der Waals surface area contributed by atoms with Gasteiger partial charge in [0.25, 0.3) is 0 Å². The molecule has 1 aliphatic rings. The van der Waals surface area contributed by atoms with Gasteiger partial charge in [-0.1, -0.05) is 37.3 Å². The Hall–Kier alpha value is -1.37. The van der Waals surface area contributed by atoms with Crippen LogP contribution in [0.1, 0.15) is 37.7 Å². The van der Waals surface area contributed by atoms with E-state index in [1.54, 1.807) is 0 Å². The van der Waals surface area contributed by atoms with Crippen LogP contribution in [0.5, 0.6) is 0 Å². The van der Waals surface area contributed by atoms with Gasteiger partial charge in [0.1, 0.15) is 0 Å². The predicted octanol–water partition coefficient (Wildman–Crippen LogP) is 2.84. The van der Waals surface area contributed by atoms with Crippen molar-refractivity contribution in [1.29, 1.82) is 5.26 Å². The molecule has 1 saturated heterocycles. The second-order valence-electron chi connectivity index (χ2n) is 5.27. The average Bonchev–Trinajstić information content (AvgIpc) is 2.97. The van der Waals surface area contributed by atoms with Crippen LogP contribution in [0, 0.1) is 11.3 Å². The fourth-order valence-electron chi connectivity index (χ4n) is 2.53. The molecule has 0 aliphatic carbocycles. The van der Waals surface area contributed by atoms with Gasteiger partial charge in [-0.15, -0.1) is 0 Å². The van der Waals surface area contributed by atoms with E-state index in [0.717, 1.165) is 32.4 Å². The van der Waals surface area contributed by atoms with Gasteiger partial charge in [0.2, 0.25) is 0 Å². The van der Waals surface area contributed by atoms with Gasteiger partial charge in [0.05, 0.1) is 18.2 Å². The van der Waals surface area contributed by atoms with E-state index in [0.29, 0.717) is 12.0 Å². The summed E-state index contributed by atoms with van der Waals surface area (Å²) in [5.74, 6) is 0.392. The van der Waals surface area contributed by atoms with Crippen LogP contribution in [0.2, 0.25) is 0 Å². The molecule has 3 atom stereocenters. The minimum Gasteiger partial charge on any atom is -0.377 e. The minimum absolute atomic E-state index is 0.0978. The fraction of sp³-hybridized carbons (Fsp3) is 0.562. The highest BCUT2D eigenvalue weighted by Crippen LogP contribution is 2.20. The molecule has 102 valence electrons. The third-order valence-corrected chi connectivity index (χ3v) is 3.73. The summed E-state index contributed by atoms with van der Waals surface area (Å²) in [6, 6.07) is 12.6. The molecule has 0 amide bonds. The lowest BCUT2D eigenvalue weighted by Gasteiger charge is -2.19. The van der Waals surface area contributed by atoms with Gasteiger partial charge in [-0.2, -0.15) is 5.26 Å². The summed E-state index contributed by atoms with van der Waals surface area (Å²) in [6.45, 7) is 3.83. The second kappa shape index (κ2) is 7.28. The van der Waals surface area contributed by atoms with E-state index >= 15 is 0 Å². The summed E-state index contributed by atoms with van der Waals surface area (Å²) in [5, 5.41) is 12.6. The zero-order valence-electron chi connectivity index (χ0n) is 11.5. The topological polar surface area (TPSA) is 45.0 Å². The first kappa shape index (κ1) is 14.0. The molecule has 1 aromatic carbocycles. The van der Waals surface area contributed by atoms with Gasteiger partial charge in [0, 0.05) is 13.2 Å². The molecule has 1 aliphatic heterocycles. The standard InChI is InChI=1S/C16H22N2O/c1-13(14-6-3-2-4-7-14)10-15(11-17)18-12-16-8-5-9-19-16/h2-4,6-7,13,15-16,18H,5,8-10,12H2,1H3. The molecule has 2 rings (SSSR count). The molecule has 3 nitrogen and oxygen atoms in total. The molecular formula is C16H22N2O. The van der Waals surface area contributed by atoms with E-state index in [1.807, 2.05) is 18.2 Å². The largest absolute Gasteiger partial charge is 0.377 e. The summed E-state index contributed by atoms with van der Waals surface area (Å²) in [4.78, 5) is 0. The third-order valence-electron chi connectivity index (χ3n) is 3.73. The van der Waals surface area contributed by atoms with E-state index in [1.165, 1.54) is 5.56 Å². The normalized spacial score (nSPS) is 21.8.